The maximum absolute atomic E-state index is 11.3. The number of carbonyl (C=O) groups excluding carboxylic acids is 1. The van der Waals surface area contributed by atoms with Crippen LogP contribution in [0.3, 0.4) is 0 Å². The van der Waals surface area contributed by atoms with E-state index in [0.29, 0.717) is 8.95 Å². The highest BCUT2D eigenvalue weighted by Crippen LogP contribution is 2.30. The number of hydrogen-bond donors (Lipinski definition) is 2. The Labute approximate surface area is 115 Å². The zero-order chi connectivity index (χ0) is 13.0. The number of carboxylic acid groups (broad SMARTS) is 1. The highest BCUT2D eigenvalue weighted by Gasteiger charge is 2.16. The molecule has 1 aromatic carbocycles. The SMILES string of the molecule is CC#CC(=O)Nc1c(Br)cc(Br)cc1C(=O)O. The monoisotopic (exact) mass is 359 g/mol. The third kappa shape index (κ3) is 3.58. The second kappa shape index (κ2) is 5.84. The van der Waals surface area contributed by atoms with Gasteiger partial charge in [0.15, 0.2) is 0 Å². The lowest BCUT2D eigenvalue weighted by Crippen LogP contribution is -2.13. The van der Waals surface area contributed by atoms with Crippen molar-refractivity contribution in [3.05, 3.63) is 26.6 Å². The van der Waals surface area contributed by atoms with Crippen LogP contribution in [0.25, 0.3) is 0 Å². The van der Waals surface area contributed by atoms with Gasteiger partial charge in [-0.05, 0) is 40.9 Å². The maximum atomic E-state index is 11.3. The van der Waals surface area contributed by atoms with Crippen molar-refractivity contribution >= 4 is 49.4 Å². The first kappa shape index (κ1) is 13.7. The average molecular weight is 361 g/mol. The van der Waals surface area contributed by atoms with Gasteiger partial charge in [0.25, 0.3) is 5.91 Å². The van der Waals surface area contributed by atoms with Crippen molar-refractivity contribution in [3.63, 3.8) is 0 Å². The molecule has 1 amide bonds. The molecule has 0 aliphatic heterocycles. The molecular weight excluding hydrogens is 354 g/mol. The van der Waals surface area contributed by atoms with Crippen molar-refractivity contribution in [2.75, 3.05) is 5.32 Å². The van der Waals surface area contributed by atoms with Gasteiger partial charge in [0, 0.05) is 8.95 Å². The summed E-state index contributed by atoms with van der Waals surface area (Å²) in [4.78, 5) is 22.4. The van der Waals surface area contributed by atoms with Crippen LogP contribution in [-0.4, -0.2) is 17.0 Å². The van der Waals surface area contributed by atoms with Crippen LogP contribution in [0.5, 0.6) is 0 Å². The summed E-state index contributed by atoms with van der Waals surface area (Å²) in [6.07, 6.45) is 0. The van der Waals surface area contributed by atoms with E-state index in [-0.39, 0.29) is 11.3 Å². The van der Waals surface area contributed by atoms with Crippen LogP contribution in [0.2, 0.25) is 0 Å². The van der Waals surface area contributed by atoms with E-state index in [1.807, 2.05) is 0 Å². The summed E-state index contributed by atoms with van der Waals surface area (Å²) in [5, 5.41) is 11.5. The van der Waals surface area contributed by atoms with Crippen molar-refractivity contribution in [1.82, 2.24) is 0 Å². The zero-order valence-electron chi connectivity index (χ0n) is 8.67. The van der Waals surface area contributed by atoms with Crippen LogP contribution in [0.4, 0.5) is 5.69 Å². The van der Waals surface area contributed by atoms with Crippen LogP contribution >= 0.6 is 31.9 Å². The molecule has 4 nitrogen and oxygen atoms in total. The molecule has 0 saturated carbocycles. The quantitative estimate of drug-likeness (QED) is 0.797. The lowest BCUT2D eigenvalue weighted by atomic mass is 10.2. The second-order valence-electron chi connectivity index (χ2n) is 2.94. The number of rotatable bonds is 2. The van der Waals surface area contributed by atoms with E-state index in [2.05, 4.69) is 49.0 Å². The molecule has 88 valence electrons. The smallest absolute Gasteiger partial charge is 0.337 e. The molecule has 0 heterocycles. The Morgan fingerprint density at radius 3 is 2.53 bits per heavy atom. The largest absolute Gasteiger partial charge is 0.478 e. The first-order chi connectivity index (χ1) is 7.95. The van der Waals surface area contributed by atoms with Crippen LogP contribution in [-0.2, 0) is 4.79 Å². The van der Waals surface area contributed by atoms with Crippen molar-refractivity contribution in [1.29, 1.82) is 0 Å². The molecule has 0 aliphatic rings. The van der Waals surface area contributed by atoms with Gasteiger partial charge in [-0.15, -0.1) is 0 Å². The molecule has 1 rings (SSSR count). The lowest BCUT2D eigenvalue weighted by molar-refractivity contribution is -0.111. The van der Waals surface area contributed by atoms with E-state index in [1.165, 1.54) is 13.0 Å². The number of benzene rings is 1. The number of aromatic carboxylic acids is 1. The van der Waals surface area contributed by atoms with Crippen molar-refractivity contribution in [2.24, 2.45) is 0 Å². The van der Waals surface area contributed by atoms with Gasteiger partial charge >= 0.3 is 5.97 Å². The van der Waals surface area contributed by atoms with E-state index >= 15 is 0 Å². The Balaban J connectivity index is 3.24. The van der Waals surface area contributed by atoms with Gasteiger partial charge in [-0.1, -0.05) is 21.9 Å². The predicted octanol–water partition coefficient (Wildman–Crippen LogP) is 2.87. The fourth-order valence-corrected chi connectivity index (χ4v) is 2.45. The number of nitrogens with one attached hydrogen (secondary N) is 1. The average Bonchev–Trinajstić information content (AvgIpc) is 2.21. The van der Waals surface area contributed by atoms with E-state index in [1.54, 1.807) is 6.07 Å². The number of amides is 1. The molecule has 0 unspecified atom stereocenters. The summed E-state index contributed by atoms with van der Waals surface area (Å²) in [6.45, 7) is 1.52. The Kier molecular flexibility index (Phi) is 4.73. The molecule has 0 fully saturated rings. The minimum atomic E-state index is -1.13. The number of carbonyl (C=O) groups is 2. The summed E-state index contributed by atoms with van der Waals surface area (Å²) in [7, 11) is 0. The van der Waals surface area contributed by atoms with Gasteiger partial charge in [0.1, 0.15) is 0 Å². The van der Waals surface area contributed by atoms with E-state index in [0.717, 1.165) is 0 Å². The van der Waals surface area contributed by atoms with Crippen LogP contribution in [0.15, 0.2) is 21.1 Å². The molecule has 6 heteroatoms. The van der Waals surface area contributed by atoms with Crippen LogP contribution in [0.1, 0.15) is 17.3 Å². The Hall–Kier alpha value is -1.32. The number of hydrogen-bond acceptors (Lipinski definition) is 2. The summed E-state index contributed by atoms with van der Waals surface area (Å²) < 4.78 is 1.07. The van der Waals surface area contributed by atoms with E-state index in [9.17, 15) is 9.59 Å². The minimum absolute atomic E-state index is 0.0162. The maximum Gasteiger partial charge on any atom is 0.337 e. The molecular formula is C11H7Br2NO3. The van der Waals surface area contributed by atoms with Crippen molar-refractivity contribution < 1.29 is 14.7 Å². The second-order valence-corrected chi connectivity index (χ2v) is 4.71. The van der Waals surface area contributed by atoms with Gasteiger partial charge < -0.3 is 10.4 Å². The normalized spacial score (nSPS) is 9.12. The number of carboxylic acids is 1. The molecule has 17 heavy (non-hydrogen) atoms. The van der Waals surface area contributed by atoms with Crippen molar-refractivity contribution in [2.45, 2.75) is 6.92 Å². The predicted molar refractivity (Wildman–Crippen MR) is 70.9 cm³/mol. The van der Waals surface area contributed by atoms with Crippen molar-refractivity contribution in [3.8, 4) is 11.8 Å². The lowest BCUT2D eigenvalue weighted by Gasteiger charge is -2.09. The van der Waals surface area contributed by atoms with E-state index < -0.39 is 11.9 Å². The summed E-state index contributed by atoms with van der Waals surface area (Å²) in [5.74, 6) is 3.02. The van der Waals surface area contributed by atoms with Gasteiger partial charge in [-0.3, -0.25) is 4.79 Å². The number of halogens is 2. The van der Waals surface area contributed by atoms with Gasteiger partial charge in [-0.25, -0.2) is 4.79 Å². The topological polar surface area (TPSA) is 66.4 Å². The van der Waals surface area contributed by atoms with Gasteiger partial charge in [-0.2, -0.15) is 0 Å². The Bertz CT molecular complexity index is 544. The Morgan fingerprint density at radius 2 is 2.00 bits per heavy atom. The molecule has 0 bridgehead atoms. The molecule has 0 aromatic heterocycles. The van der Waals surface area contributed by atoms with Gasteiger partial charge in [0.2, 0.25) is 0 Å². The molecule has 0 radical (unpaired) electrons. The summed E-state index contributed by atoms with van der Waals surface area (Å²) >= 11 is 6.37. The third-order valence-corrected chi connectivity index (χ3v) is 2.85. The highest BCUT2D eigenvalue weighted by molar-refractivity contribution is 9.11. The molecule has 0 spiro atoms. The Morgan fingerprint density at radius 1 is 1.35 bits per heavy atom. The highest BCUT2D eigenvalue weighted by atomic mass is 79.9. The summed E-state index contributed by atoms with van der Waals surface area (Å²) in [5.41, 5.74) is 0.172. The van der Waals surface area contributed by atoms with Crippen LogP contribution < -0.4 is 5.32 Å². The fourth-order valence-electron chi connectivity index (χ4n) is 1.13. The first-order valence-corrected chi connectivity index (χ1v) is 6.00. The fraction of sp³-hybridized carbons (Fsp3) is 0.0909. The van der Waals surface area contributed by atoms with Crippen LogP contribution in [0, 0.1) is 11.8 Å². The van der Waals surface area contributed by atoms with Gasteiger partial charge in [0.05, 0.1) is 11.3 Å². The molecule has 0 aliphatic carbocycles. The number of anilines is 1. The minimum Gasteiger partial charge on any atom is -0.478 e. The molecule has 2 N–H and O–H groups in total. The van der Waals surface area contributed by atoms with E-state index in [4.69, 9.17) is 5.11 Å². The molecule has 0 atom stereocenters. The standard InChI is InChI=1S/C11H7Br2NO3/c1-2-3-9(15)14-10-7(11(16)17)4-6(12)5-8(10)13/h4-5H,1H3,(H,14,15)(H,16,17). The molecule has 0 saturated heterocycles. The third-order valence-electron chi connectivity index (χ3n) is 1.76. The first-order valence-electron chi connectivity index (χ1n) is 4.41. The zero-order valence-corrected chi connectivity index (χ0v) is 11.8. The molecule has 1 aromatic rings. The summed E-state index contributed by atoms with van der Waals surface area (Å²) in [6, 6.07) is 3.05.